The highest BCUT2D eigenvalue weighted by Gasteiger charge is 2.05. The third kappa shape index (κ3) is 4.13. The summed E-state index contributed by atoms with van der Waals surface area (Å²) < 4.78 is 0.897. The fraction of sp³-hybridized carbons (Fsp3) is 0.167. The van der Waals surface area contributed by atoms with Crippen molar-refractivity contribution in [3.63, 3.8) is 0 Å². The minimum atomic E-state index is -0.391. The number of hydroxylamine groups is 2. The van der Waals surface area contributed by atoms with E-state index in [9.17, 15) is 9.59 Å². The highest BCUT2D eigenvalue weighted by molar-refractivity contribution is 9.10. The third-order valence-electron chi connectivity index (χ3n) is 2.09. The summed E-state index contributed by atoms with van der Waals surface area (Å²) in [4.78, 5) is 27.7. The average Bonchev–Trinajstić information content (AvgIpc) is 2.35. The molecule has 0 saturated carbocycles. The molecule has 17 heavy (non-hydrogen) atoms. The van der Waals surface area contributed by atoms with Crippen molar-refractivity contribution in [2.45, 2.75) is 0 Å². The molecule has 0 aliphatic carbocycles. The second-order valence-corrected chi connectivity index (χ2v) is 4.14. The van der Waals surface area contributed by atoms with E-state index < -0.39 is 5.91 Å². The van der Waals surface area contributed by atoms with Crippen LogP contribution in [-0.4, -0.2) is 30.9 Å². The number of allylic oxidation sites excluding steroid dienone is 1. The van der Waals surface area contributed by atoms with Gasteiger partial charge in [0.25, 0.3) is 5.91 Å². The summed E-state index contributed by atoms with van der Waals surface area (Å²) in [6.45, 7) is 0. The van der Waals surface area contributed by atoms with Crippen LogP contribution in [0.5, 0.6) is 0 Å². The molecule has 1 aromatic carbocycles. The van der Waals surface area contributed by atoms with E-state index >= 15 is 0 Å². The molecule has 0 saturated heterocycles. The van der Waals surface area contributed by atoms with Crippen molar-refractivity contribution in [2.75, 3.05) is 14.2 Å². The van der Waals surface area contributed by atoms with Crippen LogP contribution in [0.3, 0.4) is 0 Å². The predicted octanol–water partition coefficient (Wildman–Crippen LogP) is 2.21. The van der Waals surface area contributed by atoms with E-state index in [1.54, 1.807) is 24.3 Å². The number of nitrogens with zero attached hydrogens (tertiary/aromatic N) is 1. The van der Waals surface area contributed by atoms with Crippen molar-refractivity contribution in [3.05, 3.63) is 46.5 Å². The van der Waals surface area contributed by atoms with Gasteiger partial charge in [-0.3, -0.25) is 14.4 Å². The predicted molar refractivity (Wildman–Crippen MR) is 67.4 cm³/mol. The number of benzene rings is 1. The van der Waals surface area contributed by atoms with E-state index in [-0.39, 0.29) is 5.78 Å². The molecular weight excluding hydrogens is 286 g/mol. The van der Waals surface area contributed by atoms with Gasteiger partial charge in [0, 0.05) is 23.2 Å². The number of amides is 1. The molecule has 0 aliphatic heterocycles. The van der Waals surface area contributed by atoms with Gasteiger partial charge in [-0.25, -0.2) is 5.06 Å². The van der Waals surface area contributed by atoms with Crippen molar-refractivity contribution < 1.29 is 14.4 Å². The molecule has 5 heteroatoms. The zero-order valence-corrected chi connectivity index (χ0v) is 11.1. The van der Waals surface area contributed by atoms with Crippen LogP contribution >= 0.6 is 15.9 Å². The van der Waals surface area contributed by atoms with Crippen LogP contribution < -0.4 is 0 Å². The Balaban J connectivity index is 2.69. The maximum Gasteiger partial charge on any atom is 0.269 e. The zero-order valence-electron chi connectivity index (χ0n) is 9.51. The molecule has 0 bridgehead atoms. The van der Waals surface area contributed by atoms with Gasteiger partial charge in [0.1, 0.15) is 0 Å². The molecule has 90 valence electrons. The number of halogens is 1. The van der Waals surface area contributed by atoms with E-state index in [0.29, 0.717) is 5.56 Å². The Morgan fingerprint density at radius 3 is 2.35 bits per heavy atom. The van der Waals surface area contributed by atoms with Gasteiger partial charge in [-0.05, 0) is 30.3 Å². The molecule has 0 aliphatic rings. The fourth-order valence-electron chi connectivity index (χ4n) is 1.05. The number of carbonyl (C=O) groups excluding carboxylic acids is 2. The van der Waals surface area contributed by atoms with E-state index in [1.807, 2.05) is 0 Å². The maximum absolute atomic E-state index is 11.7. The molecule has 0 aromatic heterocycles. The lowest BCUT2D eigenvalue weighted by Crippen LogP contribution is -2.23. The van der Waals surface area contributed by atoms with Crippen LogP contribution in [0.25, 0.3) is 0 Å². The van der Waals surface area contributed by atoms with E-state index in [1.165, 1.54) is 26.3 Å². The molecule has 0 radical (unpaired) electrons. The van der Waals surface area contributed by atoms with Crippen LogP contribution in [0.1, 0.15) is 10.4 Å². The van der Waals surface area contributed by atoms with Crippen LogP contribution in [-0.2, 0) is 9.63 Å². The lowest BCUT2D eigenvalue weighted by Gasteiger charge is -2.09. The first-order chi connectivity index (χ1) is 8.04. The van der Waals surface area contributed by atoms with Gasteiger partial charge in [-0.15, -0.1) is 0 Å². The number of likely N-dealkylation sites (N-methyl/N-ethyl adjacent to an activating group) is 1. The number of carbonyl (C=O) groups is 2. The summed E-state index contributed by atoms with van der Waals surface area (Å²) in [5.41, 5.74) is 0.525. The van der Waals surface area contributed by atoms with E-state index in [0.717, 1.165) is 9.54 Å². The first-order valence-electron chi connectivity index (χ1n) is 4.84. The molecule has 1 rings (SSSR count). The normalized spacial score (nSPS) is 10.5. The Morgan fingerprint density at radius 2 is 1.82 bits per heavy atom. The lowest BCUT2D eigenvalue weighted by molar-refractivity contribution is -0.162. The molecule has 1 aromatic rings. The van der Waals surface area contributed by atoms with Crippen molar-refractivity contribution in [3.8, 4) is 0 Å². The van der Waals surface area contributed by atoms with Gasteiger partial charge >= 0.3 is 0 Å². The summed E-state index contributed by atoms with van der Waals surface area (Å²) in [7, 11) is 2.85. The first-order valence-corrected chi connectivity index (χ1v) is 5.63. The molecule has 0 atom stereocenters. The summed E-state index contributed by atoms with van der Waals surface area (Å²) in [5.74, 6) is -0.617. The van der Waals surface area contributed by atoms with Gasteiger partial charge in [-0.1, -0.05) is 15.9 Å². The second-order valence-electron chi connectivity index (χ2n) is 3.22. The Kier molecular flexibility index (Phi) is 5.06. The van der Waals surface area contributed by atoms with E-state index in [4.69, 9.17) is 0 Å². The number of ketones is 1. The fourth-order valence-corrected chi connectivity index (χ4v) is 1.32. The van der Waals surface area contributed by atoms with Gasteiger partial charge in [0.15, 0.2) is 5.78 Å². The largest absolute Gasteiger partial charge is 0.289 e. The second kappa shape index (κ2) is 6.32. The van der Waals surface area contributed by atoms with Crippen LogP contribution in [0.15, 0.2) is 40.9 Å². The highest BCUT2D eigenvalue weighted by Crippen LogP contribution is 2.11. The topological polar surface area (TPSA) is 46.6 Å². The van der Waals surface area contributed by atoms with E-state index in [2.05, 4.69) is 20.8 Å². The quantitative estimate of drug-likeness (QED) is 0.486. The first kappa shape index (κ1) is 13.6. The Hall–Kier alpha value is -1.46. The molecule has 1 amide bonds. The standard InChI is InChI=1S/C12H12BrNO3/c1-14(17-2)12(16)8-7-11(15)9-3-5-10(13)6-4-9/h3-8H,1-2H3/b8-7+. The molecule has 0 N–H and O–H groups in total. The number of hydrogen-bond donors (Lipinski definition) is 0. The van der Waals surface area contributed by atoms with Crippen molar-refractivity contribution >= 4 is 27.6 Å². The van der Waals surface area contributed by atoms with Crippen LogP contribution in [0, 0.1) is 0 Å². The molecular formula is C12H12BrNO3. The molecule has 0 heterocycles. The smallest absolute Gasteiger partial charge is 0.269 e. The highest BCUT2D eigenvalue weighted by atomic mass is 79.9. The van der Waals surface area contributed by atoms with Crippen molar-refractivity contribution in [2.24, 2.45) is 0 Å². The summed E-state index contributed by atoms with van der Waals surface area (Å²) in [6.07, 6.45) is 2.40. The summed E-state index contributed by atoms with van der Waals surface area (Å²) >= 11 is 3.28. The monoisotopic (exact) mass is 297 g/mol. The Bertz CT molecular complexity index is 440. The van der Waals surface area contributed by atoms with Crippen molar-refractivity contribution in [1.29, 1.82) is 0 Å². The minimum absolute atomic E-state index is 0.227. The number of rotatable bonds is 4. The Labute approximate surface area is 108 Å². The lowest BCUT2D eigenvalue weighted by atomic mass is 10.1. The summed E-state index contributed by atoms with van der Waals surface area (Å²) in [6, 6.07) is 6.90. The van der Waals surface area contributed by atoms with Gasteiger partial charge < -0.3 is 0 Å². The van der Waals surface area contributed by atoms with Crippen molar-refractivity contribution in [1.82, 2.24) is 5.06 Å². The molecule has 4 nitrogen and oxygen atoms in total. The SMILES string of the molecule is CON(C)C(=O)/C=C/C(=O)c1ccc(Br)cc1. The number of hydrogen-bond acceptors (Lipinski definition) is 3. The minimum Gasteiger partial charge on any atom is -0.289 e. The van der Waals surface area contributed by atoms with Crippen LogP contribution in [0.2, 0.25) is 0 Å². The molecule has 0 unspecified atom stereocenters. The Morgan fingerprint density at radius 1 is 1.24 bits per heavy atom. The maximum atomic E-state index is 11.7. The summed E-state index contributed by atoms with van der Waals surface area (Å²) in [5, 5.41) is 1.03. The zero-order chi connectivity index (χ0) is 12.8. The molecule has 0 spiro atoms. The van der Waals surface area contributed by atoms with Gasteiger partial charge in [-0.2, -0.15) is 0 Å². The van der Waals surface area contributed by atoms with Crippen LogP contribution in [0.4, 0.5) is 0 Å². The van der Waals surface area contributed by atoms with Gasteiger partial charge in [0.05, 0.1) is 7.11 Å². The average molecular weight is 298 g/mol. The third-order valence-corrected chi connectivity index (χ3v) is 2.62. The molecule has 0 fully saturated rings. The van der Waals surface area contributed by atoms with Gasteiger partial charge in [0.2, 0.25) is 0 Å².